The van der Waals surface area contributed by atoms with Gasteiger partial charge in [-0.15, -0.1) is 0 Å². The van der Waals surface area contributed by atoms with Crippen molar-refractivity contribution in [3.05, 3.63) is 57.4 Å². The number of carboxylic acids is 1. The number of carbonyl (C=O) groups is 3. The highest BCUT2D eigenvalue weighted by Gasteiger charge is 2.65. The third-order valence-corrected chi connectivity index (χ3v) is 10.0. The second kappa shape index (κ2) is 11.5. The molecule has 1 saturated heterocycles. The molecular formula is C31H32ClF5N4O4. The maximum atomic E-state index is 14.5. The van der Waals surface area contributed by atoms with Gasteiger partial charge in [0.1, 0.15) is 0 Å². The Balaban J connectivity index is 1.39. The fourth-order valence-electron chi connectivity index (χ4n) is 6.91. The van der Waals surface area contributed by atoms with Crippen LogP contribution in [0.3, 0.4) is 0 Å². The summed E-state index contributed by atoms with van der Waals surface area (Å²) >= 11 is 6.42. The molecule has 3 unspecified atom stereocenters. The molecule has 14 heteroatoms. The molecule has 2 heterocycles. The van der Waals surface area contributed by atoms with Gasteiger partial charge >= 0.3 is 12.1 Å². The second-order valence-corrected chi connectivity index (χ2v) is 12.9. The Morgan fingerprint density at radius 1 is 1.09 bits per heavy atom. The number of aromatic nitrogens is 2. The molecule has 1 amide bonds. The minimum atomic E-state index is -4.62. The summed E-state index contributed by atoms with van der Waals surface area (Å²) < 4.78 is 72.6. The summed E-state index contributed by atoms with van der Waals surface area (Å²) in [5, 5.41) is 18.9. The smallest absolute Gasteiger partial charge is 0.398 e. The van der Waals surface area contributed by atoms with E-state index in [1.165, 1.54) is 18.2 Å². The van der Waals surface area contributed by atoms with Crippen molar-refractivity contribution >= 4 is 35.0 Å². The van der Waals surface area contributed by atoms with E-state index in [0.29, 0.717) is 41.9 Å². The fourth-order valence-corrected chi connectivity index (χ4v) is 7.17. The van der Waals surface area contributed by atoms with Gasteiger partial charge in [0.05, 0.1) is 45.9 Å². The number of rotatable bonds is 6. The molecule has 1 aromatic heterocycles. The van der Waals surface area contributed by atoms with E-state index in [-0.39, 0.29) is 61.1 Å². The molecule has 1 aliphatic heterocycles. The van der Waals surface area contributed by atoms with Gasteiger partial charge < -0.3 is 15.7 Å². The first-order valence-corrected chi connectivity index (χ1v) is 15.4. The summed E-state index contributed by atoms with van der Waals surface area (Å²) in [6.07, 6.45) is -1.77. The number of piperidine rings is 1. The topological polar surface area (TPSA) is 113 Å². The molecule has 2 aromatic rings. The molecular weight excluding hydrogens is 623 g/mol. The monoisotopic (exact) mass is 654 g/mol. The van der Waals surface area contributed by atoms with Gasteiger partial charge in [-0.05, 0) is 75.1 Å². The zero-order chi connectivity index (χ0) is 32.3. The van der Waals surface area contributed by atoms with E-state index in [1.807, 2.05) is 0 Å². The van der Waals surface area contributed by atoms with Gasteiger partial charge in [0.15, 0.2) is 0 Å². The third kappa shape index (κ3) is 5.66. The Morgan fingerprint density at radius 3 is 2.44 bits per heavy atom. The molecule has 45 heavy (non-hydrogen) atoms. The number of aliphatic carboxylic acids is 1. The summed E-state index contributed by atoms with van der Waals surface area (Å²) in [7, 11) is 0. The van der Waals surface area contributed by atoms with Crippen LogP contribution in [0, 0.1) is 11.8 Å². The van der Waals surface area contributed by atoms with Crippen molar-refractivity contribution in [2.75, 3.05) is 13.1 Å². The molecule has 1 saturated carbocycles. The third-order valence-electron chi connectivity index (χ3n) is 9.73. The standard InChI is InChI=1S/C31H32ClF5N4O4/c32-21-3-1-2-20(29(11-12-29)31(35,36)37)24(21)27(43)41-22-14-18(26(42)39-23-10-13-38-15-30(23,33)34)8-9-19(22)25(40-41)16-4-6-17(7-5-16)28(44)45/h1-4,17-18,23,38H,5-15H2,(H,39,42)(H,44,45). The number of amides is 1. The van der Waals surface area contributed by atoms with Gasteiger partial charge in [0.25, 0.3) is 11.8 Å². The van der Waals surface area contributed by atoms with Crippen molar-refractivity contribution in [3.63, 3.8) is 0 Å². The Labute approximate surface area is 260 Å². The molecule has 0 bridgehead atoms. The predicted octanol–water partition coefficient (Wildman–Crippen LogP) is 5.31. The van der Waals surface area contributed by atoms with Gasteiger partial charge in [-0.25, -0.2) is 8.78 Å². The van der Waals surface area contributed by atoms with E-state index in [1.54, 1.807) is 6.08 Å². The summed E-state index contributed by atoms with van der Waals surface area (Å²) in [5.41, 5.74) is -0.697. The number of halogens is 6. The second-order valence-electron chi connectivity index (χ2n) is 12.5. The lowest BCUT2D eigenvalue weighted by atomic mass is 9.82. The first kappa shape index (κ1) is 31.7. The Kier molecular flexibility index (Phi) is 8.08. The molecule has 3 atom stereocenters. The zero-order valence-corrected chi connectivity index (χ0v) is 24.9. The molecule has 2 fully saturated rings. The molecule has 0 spiro atoms. The van der Waals surface area contributed by atoms with E-state index in [9.17, 15) is 41.4 Å². The maximum absolute atomic E-state index is 14.5. The molecule has 242 valence electrons. The van der Waals surface area contributed by atoms with Crippen molar-refractivity contribution < 1.29 is 41.4 Å². The Bertz CT molecular complexity index is 1580. The van der Waals surface area contributed by atoms with E-state index < -0.39 is 59.7 Å². The van der Waals surface area contributed by atoms with Crippen LogP contribution in [0.2, 0.25) is 5.02 Å². The van der Waals surface area contributed by atoms with Crippen LogP contribution in [-0.4, -0.2) is 63.9 Å². The molecule has 6 rings (SSSR count). The highest BCUT2D eigenvalue weighted by atomic mass is 35.5. The summed E-state index contributed by atoms with van der Waals surface area (Å²) in [6.45, 7) is -0.244. The predicted molar refractivity (Wildman–Crippen MR) is 153 cm³/mol. The molecule has 4 aliphatic rings. The molecule has 0 radical (unpaired) electrons. The average Bonchev–Trinajstić information content (AvgIpc) is 3.73. The lowest BCUT2D eigenvalue weighted by molar-refractivity contribution is -0.160. The van der Waals surface area contributed by atoms with Crippen LogP contribution in [-0.2, 0) is 27.8 Å². The van der Waals surface area contributed by atoms with Crippen molar-refractivity contribution in [2.45, 2.75) is 81.3 Å². The fraction of sp³-hybridized carbons (Fsp3) is 0.548. The van der Waals surface area contributed by atoms with Crippen LogP contribution >= 0.6 is 11.6 Å². The number of fused-ring (bicyclic) bond motifs is 1. The van der Waals surface area contributed by atoms with Gasteiger partial charge in [-0.3, -0.25) is 14.4 Å². The maximum Gasteiger partial charge on any atom is 0.398 e. The van der Waals surface area contributed by atoms with Gasteiger partial charge in [0, 0.05) is 17.9 Å². The van der Waals surface area contributed by atoms with Crippen LogP contribution in [0.1, 0.15) is 77.8 Å². The van der Waals surface area contributed by atoms with Crippen LogP contribution < -0.4 is 10.6 Å². The summed E-state index contributed by atoms with van der Waals surface area (Å²) in [6, 6.07) is 2.61. The van der Waals surface area contributed by atoms with E-state index in [2.05, 4.69) is 15.7 Å². The number of benzene rings is 1. The molecule has 3 aliphatic carbocycles. The van der Waals surface area contributed by atoms with E-state index in [0.717, 1.165) is 4.68 Å². The largest absolute Gasteiger partial charge is 0.481 e. The lowest BCUT2D eigenvalue weighted by Gasteiger charge is -2.34. The molecule has 3 N–H and O–H groups in total. The number of hydrogen-bond donors (Lipinski definition) is 3. The Morgan fingerprint density at radius 2 is 1.82 bits per heavy atom. The SMILES string of the molecule is O=C(O)C1CC=C(c2nn(C(=O)c3c(Cl)cccc3C3(C(F)(F)F)CC3)c3c2CCC(C(=O)NC2CCNCC2(F)F)C3)CC1. The zero-order valence-electron chi connectivity index (χ0n) is 24.2. The van der Waals surface area contributed by atoms with Gasteiger partial charge in [-0.1, -0.05) is 29.8 Å². The van der Waals surface area contributed by atoms with Crippen LogP contribution in [0.5, 0.6) is 0 Å². The van der Waals surface area contributed by atoms with Crippen molar-refractivity contribution in [1.82, 2.24) is 20.4 Å². The highest BCUT2D eigenvalue weighted by Crippen LogP contribution is 2.60. The van der Waals surface area contributed by atoms with Gasteiger partial charge in [-0.2, -0.15) is 23.0 Å². The van der Waals surface area contributed by atoms with Crippen molar-refractivity contribution in [3.8, 4) is 0 Å². The van der Waals surface area contributed by atoms with Crippen LogP contribution in [0.4, 0.5) is 22.0 Å². The number of alkyl halides is 5. The summed E-state index contributed by atoms with van der Waals surface area (Å²) in [5.74, 6) is -6.89. The van der Waals surface area contributed by atoms with Crippen molar-refractivity contribution in [2.24, 2.45) is 11.8 Å². The average molecular weight is 655 g/mol. The number of nitrogens with zero attached hydrogens (tertiary/aromatic N) is 2. The molecule has 1 aromatic carbocycles. The van der Waals surface area contributed by atoms with E-state index in [4.69, 9.17) is 11.6 Å². The van der Waals surface area contributed by atoms with Crippen LogP contribution in [0.25, 0.3) is 5.57 Å². The first-order chi connectivity index (χ1) is 21.2. The number of carboxylic acid groups (broad SMARTS) is 1. The van der Waals surface area contributed by atoms with Crippen molar-refractivity contribution in [1.29, 1.82) is 0 Å². The number of nitrogens with one attached hydrogen (secondary N) is 2. The minimum absolute atomic E-state index is 0.0407. The number of hydrogen-bond acceptors (Lipinski definition) is 5. The Hall–Kier alpha value is -3.32. The number of carbonyl (C=O) groups excluding carboxylic acids is 2. The van der Waals surface area contributed by atoms with E-state index >= 15 is 0 Å². The highest BCUT2D eigenvalue weighted by molar-refractivity contribution is 6.34. The van der Waals surface area contributed by atoms with Gasteiger partial charge in [0.2, 0.25) is 5.91 Å². The number of allylic oxidation sites excluding steroid dienone is 2. The van der Waals surface area contributed by atoms with Crippen LogP contribution in [0.15, 0.2) is 24.3 Å². The first-order valence-electron chi connectivity index (χ1n) is 15.1. The summed E-state index contributed by atoms with van der Waals surface area (Å²) in [4.78, 5) is 39.0. The quantitative estimate of drug-likeness (QED) is 0.364. The normalized spacial score (nSPS) is 25.6. The minimum Gasteiger partial charge on any atom is -0.481 e. The lowest BCUT2D eigenvalue weighted by Crippen LogP contribution is -2.58. The molecule has 8 nitrogen and oxygen atoms in total.